The number of hydrogen-bond donors (Lipinski definition) is 0. The zero-order valence-corrected chi connectivity index (χ0v) is 13.8. The molecule has 0 N–H and O–H groups in total. The van der Waals surface area contributed by atoms with Crippen LogP contribution in [0.15, 0.2) is 42.5 Å². The molecule has 1 atom stereocenters. The van der Waals surface area contributed by atoms with Crippen molar-refractivity contribution >= 4 is 38.9 Å². The molecule has 0 aliphatic carbocycles. The molecule has 1 aliphatic heterocycles. The second kappa shape index (κ2) is 5.79. The van der Waals surface area contributed by atoms with Crippen molar-refractivity contribution in [3.63, 3.8) is 0 Å². The van der Waals surface area contributed by atoms with Crippen LogP contribution in [0.2, 0.25) is 5.02 Å². The van der Waals surface area contributed by atoms with Crippen LogP contribution in [0, 0.1) is 0 Å². The molecule has 1 unspecified atom stereocenters. The van der Waals surface area contributed by atoms with Crippen molar-refractivity contribution in [3.05, 3.63) is 58.6 Å². The van der Waals surface area contributed by atoms with Crippen LogP contribution in [-0.2, 0) is 11.8 Å². The molecule has 1 nitrogen and oxygen atoms in total. The summed E-state index contributed by atoms with van der Waals surface area (Å²) in [4.78, 5) is 2.40. The Kier molecular flexibility index (Phi) is 4.04. The van der Waals surface area contributed by atoms with Crippen LogP contribution in [0.3, 0.4) is 0 Å². The lowest BCUT2D eigenvalue weighted by atomic mass is 9.95. The molecule has 0 spiro atoms. The van der Waals surface area contributed by atoms with Crippen molar-refractivity contribution < 1.29 is 0 Å². The molecular formula is C17H17BrClN. The highest BCUT2D eigenvalue weighted by Crippen LogP contribution is 2.42. The normalized spacial score (nSPS) is 17.9. The molecule has 2 aromatic carbocycles. The van der Waals surface area contributed by atoms with Crippen LogP contribution in [0.25, 0.3) is 0 Å². The molecular weight excluding hydrogens is 334 g/mol. The molecule has 0 amide bonds. The summed E-state index contributed by atoms with van der Waals surface area (Å²) in [5.41, 5.74) is 5.08. The first-order valence-corrected chi connectivity index (χ1v) is 8.43. The minimum absolute atomic E-state index is 0.461. The lowest BCUT2D eigenvalue weighted by molar-refractivity contribution is 0.617. The number of aryl methyl sites for hydroxylation is 1. The van der Waals surface area contributed by atoms with Gasteiger partial charge in [0.15, 0.2) is 0 Å². The van der Waals surface area contributed by atoms with Crippen LogP contribution in [-0.4, -0.2) is 6.04 Å². The standard InChI is InChI=1S/C17H17BrClN/c1-12-9-10-13-5-2-3-8-16(13)20(12)17-14(11-18)6-4-7-15(17)19/h2-8,12H,9-11H2,1H3. The van der Waals surface area contributed by atoms with Gasteiger partial charge in [0.05, 0.1) is 10.7 Å². The van der Waals surface area contributed by atoms with E-state index in [9.17, 15) is 0 Å². The summed E-state index contributed by atoms with van der Waals surface area (Å²) in [6.45, 7) is 2.28. The Morgan fingerprint density at radius 2 is 2.00 bits per heavy atom. The van der Waals surface area contributed by atoms with Crippen molar-refractivity contribution in [3.8, 4) is 0 Å². The van der Waals surface area contributed by atoms with Crippen molar-refractivity contribution in [1.82, 2.24) is 0 Å². The van der Waals surface area contributed by atoms with Crippen molar-refractivity contribution in [1.29, 1.82) is 0 Å². The predicted molar refractivity (Wildman–Crippen MR) is 90.4 cm³/mol. The van der Waals surface area contributed by atoms with Gasteiger partial charge in [0, 0.05) is 17.1 Å². The van der Waals surface area contributed by atoms with Gasteiger partial charge in [0.2, 0.25) is 0 Å². The van der Waals surface area contributed by atoms with Gasteiger partial charge in [-0.05, 0) is 43.0 Å². The lowest BCUT2D eigenvalue weighted by Crippen LogP contribution is -2.34. The summed E-state index contributed by atoms with van der Waals surface area (Å²) in [6.07, 6.45) is 2.30. The molecule has 2 aromatic rings. The van der Waals surface area contributed by atoms with E-state index in [-0.39, 0.29) is 0 Å². The van der Waals surface area contributed by atoms with E-state index in [1.165, 1.54) is 16.8 Å². The molecule has 1 aliphatic rings. The Hall–Kier alpha value is -0.990. The Labute approximate surface area is 133 Å². The summed E-state index contributed by atoms with van der Waals surface area (Å²) in [7, 11) is 0. The number of benzene rings is 2. The Bertz CT molecular complexity index is 626. The number of alkyl halides is 1. The molecule has 0 fully saturated rings. The minimum Gasteiger partial charge on any atom is -0.337 e. The second-order valence-electron chi connectivity index (χ2n) is 5.27. The molecule has 0 saturated heterocycles. The molecule has 1 heterocycles. The van der Waals surface area contributed by atoms with Gasteiger partial charge >= 0.3 is 0 Å². The monoisotopic (exact) mass is 349 g/mol. The molecule has 0 radical (unpaired) electrons. The van der Waals surface area contributed by atoms with E-state index in [2.05, 4.69) is 58.1 Å². The van der Waals surface area contributed by atoms with E-state index in [4.69, 9.17) is 11.6 Å². The van der Waals surface area contributed by atoms with Crippen molar-refractivity contribution in [2.24, 2.45) is 0 Å². The zero-order chi connectivity index (χ0) is 14.1. The summed E-state index contributed by atoms with van der Waals surface area (Å²) < 4.78 is 0. The fourth-order valence-electron chi connectivity index (χ4n) is 2.97. The summed E-state index contributed by atoms with van der Waals surface area (Å²) in [6, 6.07) is 15.2. The maximum atomic E-state index is 6.51. The van der Waals surface area contributed by atoms with Gasteiger partial charge in [0.25, 0.3) is 0 Å². The first-order valence-electron chi connectivity index (χ1n) is 6.93. The van der Waals surface area contributed by atoms with E-state index in [0.717, 1.165) is 28.9 Å². The molecule has 0 saturated carbocycles. The molecule has 3 rings (SSSR count). The average molecular weight is 351 g/mol. The van der Waals surface area contributed by atoms with Gasteiger partial charge in [-0.15, -0.1) is 0 Å². The fourth-order valence-corrected chi connectivity index (χ4v) is 3.70. The largest absolute Gasteiger partial charge is 0.337 e. The summed E-state index contributed by atoms with van der Waals surface area (Å²) in [5.74, 6) is 0. The number of hydrogen-bond acceptors (Lipinski definition) is 1. The number of rotatable bonds is 2. The van der Waals surface area contributed by atoms with Gasteiger partial charge in [-0.3, -0.25) is 0 Å². The van der Waals surface area contributed by atoms with Crippen LogP contribution in [0.1, 0.15) is 24.5 Å². The van der Waals surface area contributed by atoms with Crippen molar-refractivity contribution in [2.45, 2.75) is 31.1 Å². The number of anilines is 2. The molecule has 0 aromatic heterocycles. The summed E-state index contributed by atoms with van der Waals surface area (Å²) in [5, 5.41) is 1.64. The highest BCUT2D eigenvalue weighted by atomic mass is 79.9. The molecule has 0 bridgehead atoms. The Balaban J connectivity index is 2.19. The van der Waals surface area contributed by atoms with E-state index in [1.807, 2.05) is 12.1 Å². The van der Waals surface area contributed by atoms with Gasteiger partial charge in [0.1, 0.15) is 0 Å². The van der Waals surface area contributed by atoms with Crippen LogP contribution in [0.5, 0.6) is 0 Å². The smallest absolute Gasteiger partial charge is 0.0646 e. The van der Waals surface area contributed by atoms with E-state index < -0.39 is 0 Å². The SMILES string of the molecule is CC1CCc2ccccc2N1c1c(Cl)cccc1CBr. The number of halogens is 2. The van der Waals surface area contributed by atoms with Gasteiger partial charge in [-0.25, -0.2) is 0 Å². The third-order valence-corrected chi connectivity index (χ3v) is 4.89. The topological polar surface area (TPSA) is 3.24 Å². The third kappa shape index (κ3) is 2.36. The highest BCUT2D eigenvalue weighted by molar-refractivity contribution is 9.08. The number of nitrogens with zero attached hydrogens (tertiary/aromatic N) is 1. The van der Waals surface area contributed by atoms with Crippen LogP contribution >= 0.6 is 27.5 Å². The predicted octanol–water partition coefficient (Wildman–Crippen LogP) is 5.71. The maximum absolute atomic E-state index is 6.51. The maximum Gasteiger partial charge on any atom is 0.0646 e. The first-order chi connectivity index (χ1) is 9.72. The molecule has 3 heteroatoms. The molecule has 104 valence electrons. The Morgan fingerprint density at radius 1 is 1.20 bits per heavy atom. The second-order valence-corrected chi connectivity index (χ2v) is 6.24. The van der Waals surface area contributed by atoms with E-state index in [0.29, 0.717) is 6.04 Å². The van der Waals surface area contributed by atoms with E-state index >= 15 is 0 Å². The Morgan fingerprint density at radius 3 is 2.80 bits per heavy atom. The molecule has 20 heavy (non-hydrogen) atoms. The van der Waals surface area contributed by atoms with Gasteiger partial charge in [-0.2, -0.15) is 0 Å². The van der Waals surface area contributed by atoms with Crippen molar-refractivity contribution in [2.75, 3.05) is 4.90 Å². The average Bonchev–Trinajstić information content (AvgIpc) is 2.48. The third-order valence-electron chi connectivity index (χ3n) is 3.98. The van der Waals surface area contributed by atoms with E-state index in [1.54, 1.807) is 0 Å². The van der Waals surface area contributed by atoms with Crippen LogP contribution in [0.4, 0.5) is 11.4 Å². The highest BCUT2D eigenvalue weighted by Gasteiger charge is 2.27. The van der Waals surface area contributed by atoms with Gasteiger partial charge in [-0.1, -0.05) is 57.9 Å². The van der Waals surface area contributed by atoms with Crippen LogP contribution < -0.4 is 4.90 Å². The number of fused-ring (bicyclic) bond motifs is 1. The number of para-hydroxylation sites is 2. The summed E-state index contributed by atoms with van der Waals surface area (Å²) >= 11 is 10.1. The minimum atomic E-state index is 0.461. The lowest BCUT2D eigenvalue weighted by Gasteiger charge is -2.38. The van der Waals surface area contributed by atoms with Gasteiger partial charge < -0.3 is 4.90 Å². The quantitative estimate of drug-likeness (QED) is 0.627. The first kappa shape index (κ1) is 14.0. The fraction of sp³-hybridized carbons (Fsp3) is 0.294. The zero-order valence-electron chi connectivity index (χ0n) is 11.4.